The molecule has 0 fully saturated rings. The molecule has 1 heterocycles. The highest BCUT2D eigenvalue weighted by Crippen LogP contribution is 2.32. The third-order valence-electron chi connectivity index (χ3n) is 3.34. The van der Waals surface area contributed by atoms with Crippen LogP contribution in [0.1, 0.15) is 10.4 Å². The number of aromatic amines is 1. The number of hydrogen-bond donors (Lipinski definition) is 2. The summed E-state index contributed by atoms with van der Waals surface area (Å²) in [6.45, 7) is 0. The molecule has 2 aromatic carbocycles. The van der Waals surface area contributed by atoms with Gasteiger partial charge in [0.2, 0.25) is 0 Å². The van der Waals surface area contributed by atoms with Gasteiger partial charge < -0.3 is 15.0 Å². The molecule has 0 aliphatic rings. The van der Waals surface area contributed by atoms with Crippen molar-refractivity contribution in [2.75, 3.05) is 14.2 Å². The van der Waals surface area contributed by atoms with E-state index in [-0.39, 0.29) is 5.91 Å². The number of para-hydroxylation sites is 2. The number of ether oxygens (including phenoxy) is 1. The van der Waals surface area contributed by atoms with E-state index >= 15 is 0 Å². The minimum Gasteiger partial charge on any atom is -0.496 e. The van der Waals surface area contributed by atoms with Gasteiger partial charge in [0, 0.05) is 7.05 Å². The summed E-state index contributed by atoms with van der Waals surface area (Å²) in [5, 5.41) is 2.64. The van der Waals surface area contributed by atoms with Crippen molar-refractivity contribution in [3.05, 3.63) is 48.0 Å². The molecule has 0 spiro atoms. The fraction of sp³-hybridized carbons (Fsp3) is 0.125. The molecule has 21 heavy (non-hydrogen) atoms. The SMILES string of the molecule is CNC(=O)c1cccc(OC)c1-c1nc2ccccc2[nH]1. The summed E-state index contributed by atoms with van der Waals surface area (Å²) >= 11 is 0. The van der Waals surface area contributed by atoms with Crippen molar-refractivity contribution in [3.8, 4) is 17.1 Å². The van der Waals surface area contributed by atoms with Crippen LogP contribution in [0.5, 0.6) is 5.75 Å². The third kappa shape index (κ3) is 2.23. The molecule has 1 amide bonds. The molecule has 0 saturated heterocycles. The number of amides is 1. The van der Waals surface area contributed by atoms with Crippen molar-refractivity contribution in [2.24, 2.45) is 0 Å². The van der Waals surface area contributed by atoms with Crippen LogP contribution in [-0.4, -0.2) is 30.0 Å². The van der Waals surface area contributed by atoms with Crippen LogP contribution in [-0.2, 0) is 0 Å². The number of H-pyrrole nitrogens is 1. The van der Waals surface area contributed by atoms with Crippen LogP contribution in [0.25, 0.3) is 22.4 Å². The molecule has 0 saturated carbocycles. The maximum absolute atomic E-state index is 12.1. The van der Waals surface area contributed by atoms with E-state index in [0.29, 0.717) is 22.7 Å². The van der Waals surface area contributed by atoms with Crippen molar-refractivity contribution in [3.63, 3.8) is 0 Å². The van der Waals surface area contributed by atoms with Crippen LogP contribution in [0.2, 0.25) is 0 Å². The number of aromatic nitrogens is 2. The van der Waals surface area contributed by atoms with E-state index in [9.17, 15) is 4.79 Å². The van der Waals surface area contributed by atoms with E-state index in [1.165, 1.54) is 0 Å². The molecule has 3 rings (SSSR count). The molecule has 2 N–H and O–H groups in total. The Hall–Kier alpha value is -2.82. The number of imidazole rings is 1. The van der Waals surface area contributed by atoms with E-state index in [4.69, 9.17) is 4.74 Å². The number of hydrogen-bond acceptors (Lipinski definition) is 3. The maximum atomic E-state index is 12.1. The molecule has 0 unspecified atom stereocenters. The standard InChI is InChI=1S/C16H15N3O2/c1-17-16(20)10-6-5-9-13(21-2)14(10)15-18-11-7-3-4-8-12(11)19-15/h3-9H,1-2H3,(H,17,20)(H,18,19). The number of rotatable bonds is 3. The molecule has 5 heteroatoms. The smallest absolute Gasteiger partial charge is 0.251 e. The zero-order valence-corrected chi connectivity index (χ0v) is 11.8. The van der Waals surface area contributed by atoms with Gasteiger partial charge in [0.25, 0.3) is 5.91 Å². The lowest BCUT2D eigenvalue weighted by Gasteiger charge is -2.10. The normalized spacial score (nSPS) is 10.6. The number of nitrogens with one attached hydrogen (secondary N) is 2. The Morgan fingerprint density at radius 2 is 2.00 bits per heavy atom. The molecule has 0 bridgehead atoms. The van der Waals surface area contributed by atoms with Gasteiger partial charge >= 0.3 is 0 Å². The van der Waals surface area contributed by atoms with Gasteiger partial charge in [-0.25, -0.2) is 4.98 Å². The topological polar surface area (TPSA) is 67.0 Å². The van der Waals surface area contributed by atoms with Crippen molar-refractivity contribution in [1.29, 1.82) is 0 Å². The average Bonchev–Trinajstić information content (AvgIpc) is 2.96. The van der Waals surface area contributed by atoms with E-state index in [1.807, 2.05) is 30.3 Å². The number of fused-ring (bicyclic) bond motifs is 1. The summed E-state index contributed by atoms with van der Waals surface area (Å²) in [6.07, 6.45) is 0. The van der Waals surface area contributed by atoms with Crippen LogP contribution in [0, 0.1) is 0 Å². The summed E-state index contributed by atoms with van der Waals surface area (Å²) < 4.78 is 5.39. The molecular weight excluding hydrogens is 266 g/mol. The first-order valence-electron chi connectivity index (χ1n) is 6.59. The van der Waals surface area contributed by atoms with E-state index < -0.39 is 0 Å². The average molecular weight is 281 g/mol. The zero-order valence-electron chi connectivity index (χ0n) is 11.8. The fourth-order valence-electron chi connectivity index (χ4n) is 2.34. The van der Waals surface area contributed by atoms with Gasteiger partial charge in [0.15, 0.2) is 0 Å². The third-order valence-corrected chi connectivity index (χ3v) is 3.34. The van der Waals surface area contributed by atoms with E-state index in [0.717, 1.165) is 11.0 Å². The quantitative estimate of drug-likeness (QED) is 0.775. The summed E-state index contributed by atoms with van der Waals surface area (Å²) in [4.78, 5) is 19.9. The molecule has 5 nitrogen and oxygen atoms in total. The second-order valence-corrected chi connectivity index (χ2v) is 4.56. The first-order chi connectivity index (χ1) is 10.2. The molecular formula is C16H15N3O2. The Labute approximate surface area is 122 Å². The van der Waals surface area contributed by atoms with Crippen LogP contribution in [0.3, 0.4) is 0 Å². The minimum atomic E-state index is -0.177. The molecule has 0 aliphatic carbocycles. The molecule has 106 valence electrons. The number of nitrogens with zero attached hydrogens (tertiary/aromatic N) is 1. The number of carbonyl (C=O) groups is 1. The van der Waals surface area contributed by atoms with Crippen LogP contribution in [0.4, 0.5) is 0 Å². The first-order valence-corrected chi connectivity index (χ1v) is 6.59. The van der Waals surface area contributed by atoms with Crippen LogP contribution in [0.15, 0.2) is 42.5 Å². The summed E-state index contributed by atoms with van der Waals surface area (Å²) in [6, 6.07) is 13.1. The van der Waals surface area contributed by atoms with Crippen molar-refractivity contribution in [2.45, 2.75) is 0 Å². The number of benzene rings is 2. The van der Waals surface area contributed by atoms with Crippen LogP contribution < -0.4 is 10.1 Å². The van der Waals surface area contributed by atoms with Crippen molar-refractivity contribution < 1.29 is 9.53 Å². The largest absolute Gasteiger partial charge is 0.496 e. The van der Waals surface area contributed by atoms with Gasteiger partial charge in [0.1, 0.15) is 11.6 Å². The van der Waals surface area contributed by atoms with E-state index in [2.05, 4.69) is 15.3 Å². The monoisotopic (exact) mass is 281 g/mol. The molecule has 0 radical (unpaired) electrons. The number of methoxy groups -OCH3 is 1. The first kappa shape index (κ1) is 13.2. The van der Waals surface area contributed by atoms with Crippen molar-refractivity contribution in [1.82, 2.24) is 15.3 Å². The van der Waals surface area contributed by atoms with Gasteiger partial charge in [-0.2, -0.15) is 0 Å². The highest BCUT2D eigenvalue weighted by Gasteiger charge is 2.19. The van der Waals surface area contributed by atoms with Gasteiger partial charge in [-0.1, -0.05) is 18.2 Å². The van der Waals surface area contributed by atoms with Gasteiger partial charge in [0.05, 0.1) is 29.3 Å². The second kappa shape index (κ2) is 5.28. The molecule has 3 aromatic rings. The fourth-order valence-corrected chi connectivity index (χ4v) is 2.34. The molecule has 1 aromatic heterocycles. The predicted molar refractivity (Wildman–Crippen MR) is 81.5 cm³/mol. The number of carbonyl (C=O) groups excluding carboxylic acids is 1. The van der Waals surface area contributed by atoms with Crippen molar-refractivity contribution >= 4 is 16.9 Å². The van der Waals surface area contributed by atoms with Crippen LogP contribution >= 0.6 is 0 Å². The Morgan fingerprint density at radius 1 is 1.19 bits per heavy atom. The second-order valence-electron chi connectivity index (χ2n) is 4.56. The highest BCUT2D eigenvalue weighted by molar-refractivity contribution is 6.02. The Bertz CT molecular complexity index is 775. The lowest BCUT2D eigenvalue weighted by molar-refractivity contribution is 0.0963. The molecule has 0 atom stereocenters. The Kier molecular flexibility index (Phi) is 3.31. The van der Waals surface area contributed by atoms with E-state index in [1.54, 1.807) is 26.3 Å². The Morgan fingerprint density at radius 3 is 2.71 bits per heavy atom. The van der Waals surface area contributed by atoms with Gasteiger partial charge in [-0.3, -0.25) is 4.79 Å². The summed E-state index contributed by atoms with van der Waals surface area (Å²) in [7, 11) is 3.18. The van der Waals surface area contributed by atoms with Gasteiger partial charge in [-0.15, -0.1) is 0 Å². The predicted octanol–water partition coefficient (Wildman–Crippen LogP) is 2.60. The highest BCUT2D eigenvalue weighted by atomic mass is 16.5. The summed E-state index contributed by atoms with van der Waals surface area (Å²) in [5.41, 5.74) is 2.95. The summed E-state index contributed by atoms with van der Waals surface area (Å²) in [5.74, 6) is 1.05. The molecule has 0 aliphatic heterocycles. The Balaban J connectivity index is 2.26. The maximum Gasteiger partial charge on any atom is 0.251 e. The lowest BCUT2D eigenvalue weighted by atomic mass is 10.0. The minimum absolute atomic E-state index is 0.177. The van der Waals surface area contributed by atoms with Gasteiger partial charge in [-0.05, 0) is 24.3 Å². The zero-order chi connectivity index (χ0) is 14.8. The lowest BCUT2D eigenvalue weighted by Crippen LogP contribution is -2.19.